The van der Waals surface area contributed by atoms with E-state index in [1.54, 1.807) is 0 Å². The fourth-order valence-corrected chi connectivity index (χ4v) is 3.34. The lowest BCUT2D eigenvalue weighted by atomic mass is 9.97. The molecule has 1 N–H and O–H groups in total. The summed E-state index contributed by atoms with van der Waals surface area (Å²) in [6, 6.07) is 2.09. The molecule has 2 aliphatic rings. The summed E-state index contributed by atoms with van der Waals surface area (Å²) in [6.45, 7) is 2.70. The van der Waals surface area contributed by atoms with Gasteiger partial charge in [0.05, 0.1) is 6.54 Å². The van der Waals surface area contributed by atoms with Crippen molar-refractivity contribution >= 4 is 0 Å². The fraction of sp³-hybridized carbons (Fsp3) is 0.833. The highest BCUT2D eigenvalue weighted by molar-refractivity contribution is 4.99. The quantitative estimate of drug-likeness (QED) is 0.851. The van der Waals surface area contributed by atoms with Crippen molar-refractivity contribution in [3.8, 4) is 0 Å². The molecule has 0 spiro atoms. The Hall–Kier alpha value is -0.940. The van der Waals surface area contributed by atoms with E-state index in [0.29, 0.717) is 24.0 Å². The maximum Gasteiger partial charge on any atom is 0.223 e. The molecule has 2 saturated heterocycles. The van der Waals surface area contributed by atoms with Crippen LogP contribution in [0.3, 0.4) is 0 Å². The molecule has 0 aliphatic carbocycles. The van der Waals surface area contributed by atoms with E-state index in [-0.39, 0.29) is 0 Å². The first-order valence-corrected chi connectivity index (χ1v) is 6.48. The molecular formula is C12H20N4O. The van der Waals surface area contributed by atoms with Crippen molar-refractivity contribution in [2.24, 2.45) is 0 Å². The molecule has 0 radical (unpaired) electrons. The third kappa shape index (κ3) is 2.09. The third-order valence-electron chi connectivity index (χ3n) is 4.19. The summed E-state index contributed by atoms with van der Waals surface area (Å²) in [5.74, 6) is 1.50. The van der Waals surface area contributed by atoms with E-state index >= 15 is 0 Å². The molecule has 2 fully saturated rings. The Morgan fingerprint density at radius 2 is 2.06 bits per heavy atom. The van der Waals surface area contributed by atoms with E-state index in [1.807, 2.05) is 6.92 Å². The summed E-state index contributed by atoms with van der Waals surface area (Å²) in [5.41, 5.74) is 0. The summed E-state index contributed by atoms with van der Waals surface area (Å²) in [7, 11) is 2.07. The van der Waals surface area contributed by atoms with Gasteiger partial charge in [-0.1, -0.05) is 5.16 Å². The molecule has 2 unspecified atom stereocenters. The number of piperidine rings is 1. The normalized spacial score (nSPS) is 33.2. The minimum Gasteiger partial charge on any atom is -0.340 e. The Bertz CT molecular complexity index is 378. The van der Waals surface area contributed by atoms with E-state index < -0.39 is 0 Å². The third-order valence-corrected chi connectivity index (χ3v) is 4.19. The van der Waals surface area contributed by atoms with Crippen LogP contribution in [0, 0.1) is 6.92 Å². The smallest absolute Gasteiger partial charge is 0.223 e. The first-order chi connectivity index (χ1) is 8.26. The zero-order valence-electron chi connectivity index (χ0n) is 10.5. The van der Waals surface area contributed by atoms with Crippen molar-refractivity contribution in [1.29, 1.82) is 0 Å². The second-order valence-corrected chi connectivity index (χ2v) is 5.24. The number of fused-ring (bicyclic) bond motifs is 2. The fourth-order valence-electron chi connectivity index (χ4n) is 3.34. The first-order valence-electron chi connectivity index (χ1n) is 6.48. The van der Waals surface area contributed by atoms with Crippen LogP contribution in [0.5, 0.6) is 0 Å². The van der Waals surface area contributed by atoms with Gasteiger partial charge < -0.3 is 9.84 Å². The maximum absolute atomic E-state index is 5.04. The predicted molar refractivity (Wildman–Crippen MR) is 63.5 cm³/mol. The maximum atomic E-state index is 5.04. The lowest BCUT2D eigenvalue weighted by Gasteiger charge is -2.38. The van der Waals surface area contributed by atoms with Crippen molar-refractivity contribution < 1.29 is 4.52 Å². The number of aromatic nitrogens is 2. The van der Waals surface area contributed by atoms with Gasteiger partial charge >= 0.3 is 0 Å². The highest BCUT2D eigenvalue weighted by Gasteiger charge is 2.40. The second kappa shape index (κ2) is 4.38. The lowest BCUT2D eigenvalue weighted by molar-refractivity contribution is 0.107. The minimum absolute atomic E-state index is 0.664. The molecule has 94 valence electrons. The number of rotatable bonds is 3. The van der Waals surface area contributed by atoms with Crippen molar-refractivity contribution in [1.82, 2.24) is 20.4 Å². The largest absolute Gasteiger partial charge is 0.340 e. The zero-order valence-corrected chi connectivity index (χ0v) is 10.5. The molecule has 17 heavy (non-hydrogen) atoms. The minimum atomic E-state index is 0.664. The standard InChI is InChI=1S/C12H20N4O/c1-8-14-12(15-17-8)7-16-10-3-4-11(16)6-9(5-10)13-2/h9-11,13H,3-7H2,1-2H3. The van der Waals surface area contributed by atoms with Crippen LogP contribution in [0.15, 0.2) is 4.52 Å². The van der Waals surface area contributed by atoms with Gasteiger partial charge in [-0.25, -0.2) is 0 Å². The van der Waals surface area contributed by atoms with Crippen LogP contribution in [-0.4, -0.2) is 40.2 Å². The van der Waals surface area contributed by atoms with E-state index in [2.05, 4.69) is 27.4 Å². The van der Waals surface area contributed by atoms with Gasteiger partial charge in [-0.15, -0.1) is 0 Å². The molecule has 3 rings (SSSR count). The van der Waals surface area contributed by atoms with Gasteiger partial charge in [-0.05, 0) is 32.7 Å². The topological polar surface area (TPSA) is 54.2 Å². The molecule has 2 atom stereocenters. The van der Waals surface area contributed by atoms with E-state index in [0.717, 1.165) is 12.4 Å². The second-order valence-electron chi connectivity index (χ2n) is 5.24. The first kappa shape index (κ1) is 11.2. The summed E-state index contributed by atoms with van der Waals surface area (Å²) in [6.07, 6.45) is 5.15. The summed E-state index contributed by atoms with van der Waals surface area (Å²) >= 11 is 0. The Kier molecular flexibility index (Phi) is 2.88. The van der Waals surface area contributed by atoms with E-state index in [4.69, 9.17) is 4.52 Å². The van der Waals surface area contributed by atoms with Crippen molar-refractivity contribution in [3.63, 3.8) is 0 Å². The van der Waals surface area contributed by atoms with E-state index in [9.17, 15) is 0 Å². The molecule has 3 heterocycles. The van der Waals surface area contributed by atoms with E-state index in [1.165, 1.54) is 25.7 Å². The molecule has 5 heteroatoms. The Labute approximate surface area is 102 Å². The molecule has 0 saturated carbocycles. The molecule has 1 aromatic rings. The Balaban J connectivity index is 1.69. The van der Waals surface area contributed by atoms with Gasteiger partial charge in [0.25, 0.3) is 0 Å². The van der Waals surface area contributed by atoms with Gasteiger partial charge in [-0.3, -0.25) is 4.90 Å². The van der Waals surface area contributed by atoms with Crippen LogP contribution in [0.25, 0.3) is 0 Å². The molecular weight excluding hydrogens is 216 g/mol. The molecule has 5 nitrogen and oxygen atoms in total. The number of aryl methyl sites for hydroxylation is 1. The Morgan fingerprint density at radius 1 is 1.35 bits per heavy atom. The SMILES string of the molecule is CNC1CC2CCC(C1)N2Cc1noc(C)n1. The number of hydrogen-bond acceptors (Lipinski definition) is 5. The number of nitrogens with zero attached hydrogens (tertiary/aromatic N) is 3. The predicted octanol–water partition coefficient (Wildman–Crippen LogP) is 1.09. The lowest BCUT2D eigenvalue weighted by Crippen LogP contribution is -2.47. The van der Waals surface area contributed by atoms with Crippen molar-refractivity contribution in [3.05, 3.63) is 11.7 Å². The van der Waals surface area contributed by atoms with Crippen LogP contribution >= 0.6 is 0 Å². The molecule has 0 amide bonds. The van der Waals surface area contributed by atoms with Crippen LogP contribution in [-0.2, 0) is 6.54 Å². The average Bonchev–Trinajstić information content (AvgIpc) is 2.82. The van der Waals surface area contributed by atoms with Crippen LogP contribution in [0.2, 0.25) is 0 Å². The van der Waals surface area contributed by atoms with Crippen molar-refractivity contribution in [2.45, 2.75) is 57.3 Å². The molecule has 2 bridgehead atoms. The average molecular weight is 236 g/mol. The zero-order chi connectivity index (χ0) is 11.8. The van der Waals surface area contributed by atoms with Gasteiger partial charge in [0.15, 0.2) is 5.82 Å². The van der Waals surface area contributed by atoms with Gasteiger partial charge in [-0.2, -0.15) is 4.98 Å². The number of hydrogen-bond donors (Lipinski definition) is 1. The van der Waals surface area contributed by atoms with Crippen LogP contribution < -0.4 is 5.32 Å². The summed E-state index contributed by atoms with van der Waals surface area (Å²) in [4.78, 5) is 6.87. The van der Waals surface area contributed by atoms with Crippen LogP contribution in [0.1, 0.15) is 37.4 Å². The monoisotopic (exact) mass is 236 g/mol. The van der Waals surface area contributed by atoms with Gasteiger partial charge in [0, 0.05) is 25.0 Å². The molecule has 2 aliphatic heterocycles. The van der Waals surface area contributed by atoms with Gasteiger partial charge in [0.1, 0.15) is 0 Å². The summed E-state index contributed by atoms with van der Waals surface area (Å²) < 4.78 is 5.04. The van der Waals surface area contributed by atoms with Gasteiger partial charge in [0.2, 0.25) is 5.89 Å². The molecule has 1 aromatic heterocycles. The highest BCUT2D eigenvalue weighted by atomic mass is 16.5. The Morgan fingerprint density at radius 3 is 2.59 bits per heavy atom. The van der Waals surface area contributed by atoms with Crippen LogP contribution in [0.4, 0.5) is 0 Å². The highest BCUT2D eigenvalue weighted by Crippen LogP contribution is 2.36. The number of nitrogens with one attached hydrogen (secondary N) is 1. The molecule has 0 aromatic carbocycles. The van der Waals surface area contributed by atoms with Crippen molar-refractivity contribution in [2.75, 3.05) is 7.05 Å². The summed E-state index contributed by atoms with van der Waals surface area (Å²) in [5, 5.41) is 7.42.